The number of benzene rings is 3. The third kappa shape index (κ3) is 8.59. The molecule has 0 unspecified atom stereocenters. The monoisotopic (exact) mass is 734 g/mol. The number of aliphatic carboxylic acids is 1. The number of ether oxygens (including phenoxy) is 3. The maximum atomic E-state index is 14.7. The van der Waals surface area contributed by atoms with Gasteiger partial charge in [-0.25, -0.2) is 9.78 Å². The number of pyridine rings is 1. The van der Waals surface area contributed by atoms with E-state index in [0.29, 0.717) is 41.3 Å². The van der Waals surface area contributed by atoms with E-state index in [-0.39, 0.29) is 44.2 Å². The van der Waals surface area contributed by atoms with Crippen LogP contribution in [0.3, 0.4) is 0 Å². The van der Waals surface area contributed by atoms with Gasteiger partial charge in [0.05, 0.1) is 31.5 Å². The first-order valence-corrected chi connectivity index (χ1v) is 18.8. The number of aromatic nitrogens is 1. The van der Waals surface area contributed by atoms with Crippen molar-refractivity contribution < 1.29 is 38.5 Å². The Balaban J connectivity index is 1.23. The Hall–Kier alpha value is -5.65. The van der Waals surface area contributed by atoms with Crippen LogP contribution in [-0.2, 0) is 25.6 Å². The first-order chi connectivity index (χ1) is 26.2. The van der Waals surface area contributed by atoms with Crippen LogP contribution < -0.4 is 24.8 Å². The van der Waals surface area contributed by atoms with E-state index in [2.05, 4.69) is 10.6 Å². The molecule has 3 N–H and O–H groups in total. The van der Waals surface area contributed by atoms with Crippen LogP contribution >= 0.6 is 0 Å². The van der Waals surface area contributed by atoms with Crippen molar-refractivity contribution in [3.63, 3.8) is 0 Å². The van der Waals surface area contributed by atoms with Gasteiger partial charge in [-0.2, -0.15) is 0 Å². The van der Waals surface area contributed by atoms with Gasteiger partial charge in [0.1, 0.15) is 41.5 Å². The Bertz CT molecular complexity index is 2000. The topological polar surface area (TPSA) is 156 Å². The van der Waals surface area contributed by atoms with Crippen molar-refractivity contribution in [2.75, 3.05) is 20.3 Å². The van der Waals surface area contributed by atoms with Gasteiger partial charge in [0.25, 0.3) is 0 Å². The SMILES string of the molecule is COc1ccc2c(O[C@@H]3C[C@H]4C(=O)N[C@@H](C(=O)O)CCCOc5cccc(c5)C[C@@H](NC(=O)CC5CCCC5)C(=O)N4C3)cc(-c3ccccc3)nc2c1. The smallest absolute Gasteiger partial charge is 0.326 e. The van der Waals surface area contributed by atoms with Gasteiger partial charge in [-0.15, -0.1) is 0 Å². The van der Waals surface area contributed by atoms with Gasteiger partial charge in [0, 0.05) is 42.3 Å². The van der Waals surface area contributed by atoms with Crippen molar-refractivity contribution in [3.05, 3.63) is 84.4 Å². The van der Waals surface area contributed by atoms with E-state index in [9.17, 15) is 24.3 Å². The second-order valence-electron chi connectivity index (χ2n) is 14.5. The van der Waals surface area contributed by atoms with Gasteiger partial charge in [0.2, 0.25) is 17.7 Å². The molecule has 2 fully saturated rings. The average Bonchev–Trinajstić information content (AvgIpc) is 3.85. The third-order valence-corrected chi connectivity index (χ3v) is 10.6. The van der Waals surface area contributed by atoms with Crippen molar-refractivity contribution in [3.8, 4) is 28.5 Å². The minimum absolute atomic E-state index is 0.0352. The highest BCUT2D eigenvalue weighted by Crippen LogP contribution is 2.35. The van der Waals surface area contributed by atoms with Crippen LogP contribution in [0.4, 0.5) is 0 Å². The van der Waals surface area contributed by atoms with E-state index >= 15 is 0 Å². The van der Waals surface area contributed by atoms with Crippen LogP contribution in [0.1, 0.15) is 56.9 Å². The number of hydrogen-bond acceptors (Lipinski definition) is 8. The number of fused-ring (bicyclic) bond motifs is 4. The zero-order valence-electron chi connectivity index (χ0n) is 30.4. The summed E-state index contributed by atoms with van der Waals surface area (Å²) in [6.45, 7) is 0.277. The molecule has 1 saturated heterocycles. The summed E-state index contributed by atoms with van der Waals surface area (Å²) in [6, 6.07) is 21.2. The van der Waals surface area contributed by atoms with E-state index < -0.39 is 42.0 Å². The molecule has 0 radical (unpaired) electrons. The summed E-state index contributed by atoms with van der Waals surface area (Å²) in [5, 5.41) is 16.5. The van der Waals surface area contributed by atoms with Crippen LogP contribution in [-0.4, -0.2) is 83.2 Å². The molecule has 3 aliphatic rings. The quantitative estimate of drug-likeness (QED) is 0.219. The van der Waals surface area contributed by atoms with Gasteiger partial charge < -0.3 is 34.9 Å². The fourth-order valence-electron chi connectivity index (χ4n) is 7.84. The first kappa shape index (κ1) is 36.7. The molecule has 7 rings (SSSR count). The van der Waals surface area contributed by atoms with Crippen molar-refractivity contribution in [2.45, 2.75) is 82.0 Å². The summed E-state index contributed by atoms with van der Waals surface area (Å²) >= 11 is 0. The highest BCUT2D eigenvalue weighted by molar-refractivity contribution is 5.94. The number of nitrogens with one attached hydrogen (secondary N) is 2. The maximum Gasteiger partial charge on any atom is 0.326 e. The molecule has 3 amide bonds. The Morgan fingerprint density at radius 2 is 1.80 bits per heavy atom. The number of carbonyl (C=O) groups excluding carboxylic acids is 3. The lowest BCUT2D eigenvalue weighted by atomic mass is 10.0. The zero-order valence-corrected chi connectivity index (χ0v) is 30.4. The number of nitrogens with zero attached hydrogens (tertiary/aromatic N) is 2. The molecule has 282 valence electrons. The number of carboxylic acid groups (broad SMARTS) is 1. The van der Waals surface area contributed by atoms with Gasteiger partial charge in [-0.05, 0) is 61.4 Å². The van der Waals surface area contributed by atoms with Gasteiger partial charge in [0.15, 0.2) is 0 Å². The fraction of sp³-hybridized carbons (Fsp3) is 0.405. The van der Waals surface area contributed by atoms with Crippen LogP contribution in [0.15, 0.2) is 78.9 Å². The number of amides is 3. The second kappa shape index (κ2) is 16.6. The molecule has 2 bridgehead atoms. The van der Waals surface area contributed by atoms with E-state index in [1.54, 1.807) is 13.2 Å². The highest BCUT2D eigenvalue weighted by atomic mass is 16.5. The summed E-state index contributed by atoms with van der Waals surface area (Å²) < 4.78 is 18.1. The van der Waals surface area contributed by atoms with Gasteiger partial charge in [-0.3, -0.25) is 14.4 Å². The molecule has 3 heterocycles. The van der Waals surface area contributed by atoms with Crippen molar-refractivity contribution in [1.82, 2.24) is 20.5 Å². The molecule has 1 aromatic heterocycles. The van der Waals surface area contributed by atoms with E-state index in [1.807, 2.05) is 72.8 Å². The lowest BCUT2D eigenvalue weighted by Crippen LogP contribution is -2.56. The number of carbonyl (C=O) groups is 4. The van der Waals surface area contributed by atoms with Crippen LogP contribution in [0.2, 0.25) is 0 Å². The Kier molecular flexibility index (Phi) is 11.3. The van der Waals surface area contributed by atoms with E-state index in [4.69, 9.17) is 19.2 Å². The summed E-state index contributed by atoms with van der Waals surface area (Å²) in [6.07, 6.45) is 4.61. The van der Waals surface area contributed by atoms with Gasteiger partial charge >= 0.3 is 5.97 Å². The summed E-state index contributed by atoms with van der Waals surface area (Å²) in [5.74, 6) is -0.432. The molecule has 4 atom stereocenters. The number of carboxylic acids is 1. The zero-order chi connectivity index (χ0) is 37.6. The minimum Gasteiger partial charge on any atom is -0.497 e. The standard InChI is InChI=1S/C42H46N4O8/c1-52-29-16-17-32-35(22-29)43-34(28-12-3-2-4-13-28)24-38(32)54-31-23-37-40(48)45-33(42(50)51)15-8-18-53-30-14-7-11-27(19-30)20-36(41(49)46(37)25-31)44-39(47)21-26-9-5-6-10-26/h2-4,7,11-14,16-17,19,22,24,26,31,33,36-37H,5-6,8-10,15,18,20-21,23,25H2,1H3,(H,44,47)(H,45,48)(H,50,51)/t31-,33-,36-,37+/m1/s1. The molecule has 1 saturated carbocycles. The van der Waals surface area contributed by atoms with Crippen molar-refractivity contribution in [1.29, 1.82) is 0 Å². The maximum absolute atomic E-state index is 14.7. The molecule has 4 aromatic rings. The molecule has 0 spiro atoms. The predicted octanol–water partition coefficient (Wildman–Crippen LogP) is 5.31. The molecular formula is C42H46N4O8. The molecular weight excluding hydrogens is 688 g/mol. The Labute approximate surface area is 314 Å². The minimum atomic E-state index is -1.19. The second-order valence-corrected chi connectivity index (χ2v) is 14.5. The summed E-state index contributed by atoms with van der Waals surface area (Å²) in [7, 11) is 1.59. The Morgan fingerprint density at radius 1 is 0.981 bits per heavy atom. The number of rotatable bonds is 8. The lowest BCUT2D eigenvalue weighted by molar-refractivity contribution is -0.145. The largest absolute Gasteiger partial charge is 0.497 e. The Morgan fingerprint density at radius 3 is 2.57 bits per heavy atom. The number of methoxy groups -OCH3 is 1. The van der Waals surface area contributed by atoms with Crippen molar-refractivity contribution in [2.24, 2.45) is 5.92 Å². The van der Waals surface area contributed by atoms with Crippen LogP contribution in [0, 0.1) is 5.92 Å². The molecule has 1 aliphatic carbocycles. The van der Waals surface area contributed by atoms with E-state index in [0.717, 1.165) is 42.2 Å². The molecule has 3 aromatic carbocycles. The molecule has 12 heteroatoms. The fourth-order valence-corrected chi connectivity index (χ4v) is 7.84. The molecule has 12 nitrogen and oxygen atoms in total. The van der Waals surface area contributed by atoms with Crippen LogP contribution in [0.5, 0.6) is 17.2 Å². The molecule has 2 aliphatic heterocycles. The normalized spacial score (nSPS) is 22.4. The van der Waals surface area contributed by atoms with Gasteiger partial charge in [-0.1, -0.05) is 55.3 Å². The highest BCUT2D eigenvalue weighted by Gasteiger charge is 2.44. The third-order valence-electron chi connectivity index (χ3n) is 10.6. The predicted molar refractivity (Wildman–Crippen MR) is 201 cm³/mol. The molecule has 54 heavy (non-hydrogen) atoms. The first-order valence-electron chi connectivity index (χ1n) is 18.8. The van der Waals surface area contributed by atoms with Crippen molar-refractivity contribution >= 4 is 34.6 Å². The van der Waals surface area contributed by atoms with Crippen LogP contribution in [0.25, 0.3) is 22.2 Å². The van der Waals surface area contributed by atoms with E-state index in [1.165, 1.54) is 4.90 Å². The lowest BCUT2D eigenvalue weighted by Gasteiger charge is -2.29. The summed E-state index contributed by atoms with van der Waals surface area (Å²) in [4.78, 5) is 60.9. The average molecular weight is 735 g/mol. The summed E-state index contributed by atoms with van der Waals surface area (Å²) in [5.41, 5.74) is 2.98. The number of hydrogen-bond donors (Lipinski definition) is 3.